The number of pyridine rings is 1. The number of hydrogen-bond acceptors (Lipinski definition) is 5. The molecule has 0 radical (unpaired) electrons. The highest BCUT2D eigenvalue weighted by molar-refractivity contribution is 6.31. The van der Waals surface area contributed by atoms with E-state index in [1.54, 1.807) is 22.8 Å². The minimum Gasteiger partial charge on any atom is -0.377 e. The first kappa shape index (κ1) is 21.8. The van der Waals surface area contributed by atoms with Crippen LogP contribution in [0.15, 0.2) is 29.1 Å². The summed E-state index contributed by atoms with van der Waals surface area (Å²) in [5.74, 6) is 1.16. The predicted molar refractivity (Wildman–Crippen MR) is 125 cm³/mol. The van der Waals surface area contributed by atoms with Crippen LogP contribution in [-0.4, -0.2) is 20.8 Å². The Labute approximate surface area is 190 Å². The summed E-state index contributed by atoms with van der Waals surface area (Å²) in [5, 5.41) is 4.53. The summed E-state index contributed by atoms with van der Waals surface area (Å²) in [4.78, 5) is 33.7. The number of carbonyl (C=O) groups excluding carboxylic acids is 1. The number of halogens is 2. The lowest BCUT2D eigenvalue weighted by molar-refractivity contribution is 0.112. The molecule has 0 amide bonds. The van der Waals surface area contributed by atoms with Crippen molar-refractivity contribution in [3.8, 4) is 0 Å². The van der Waals surface area contributed by atoms with Crippen molar-refractivity contribution < 1.29 is 4.79 Å². The predicted octanol–water partition coefficient (Wildman–Crippen LogP) is 5.76. The van der Waals surface area contributed by atoms with E-state index in [9.17, 15) is 9.59 Å². The van der Waals surface area contributed by atoms with E-state index in [4.69, 9.17) is 28.2 Å². The fourth-order valence-corrected chi connectivity index (χ4v) is 4.68. The summed E-state index contributed by atoms with van der Waals surface area (Å²) in [6, 6.07) is 6.58. The van der Waals surface area contributed by atoms with E-state index in [0.29, 0.717) is 40.4 Å². The van der Waals surface area contributed by atoms with Crippen LogP contribution in [0.25, 0.3) is 10.9 Å². The fourth-order valence-electron chi connectivity index (χ4n) is 4.30. The van der Waals surface area contributed by atoms with Crippen LogP contribution in [0.3, 0.4) is 0 Å². The van der Waals surface area contributed by atoms with E-state index in [-0.39, 0.29) is 22.4 Å². The van der Waals surface area contributed by atoms with Gasteiger partial charge in [0.25, 0.3) is 5.56 Å². The maximum atomic E-state index is 13.2. The Bertz CT molecular complexity index is 1210. The molecule has 162 valence electrons. The molecule has 3 heterocycles. The van der Waals surface area contributed by atoms with Crippen molar-refractivity contribution in [2.45, 2.75) is 58.0 Å². The van der Waals surface area contributed by atoms with Crippen LogP contribution in [0.1, 0.15) is 73.4 Å². The molecule has 2 aromatic heterocycles. The van der Waals surface area contributed by atoms with Crippen LogP contribution in [0.2, 0.25) is 10.2 Å². The standard InChI is InChI=1S/C23H24Cl2N4O2/c1-3-4-5-14-8-9-29-22(14)28-21-16(10-15(24)11-17(21)23(29)31)13(2)26-18-6-7-20(25)27-19(18)12-30/h6-7,10-14,26H,3-5,8-9H2,1-2H3. The van der Waals surface area contributed by atoms with Gasteiger partial charge >= 0.3 is 0 Å². The zero-order valence-corrected chi connectivity index (χ0v) is 19.0. The molecule has 8 heteroatoms. The fraction of sp³-hybridized carbons (Fsp3) is 0.391. The van der Waals surface area contributed by atoms with Gasteiger partial charge < -0.3 is 5.32 Å². The van der Waals surface area contributed by atoms with Crippen LogP contribution < -0.4 is 10.9 Å². The highest BCUT2D eigenvalue weighted by Crippen LogP contribution is 2.34. The molecule has 31 heavy (non-hydrogen) atoms. The second-order valence-electron chi connectivity index (χ2n) is 8.00. The molecule has 0 spiro atoms. The average molecular weight is 459 g/mol. The quantitative estimate of drug-likeness (QED) is 0.359. The molecule has 0 saturated carbocycles. The largest absolute Gasteiger partial charge is 0.377 e. The van der Waals surface area contributed by atoms with Gasteiger partial charge in [0.2, 0.25) is 0 Å². The molecule has 3 aromatic rings. The van der Waals surface area contributed by atoms with E-state index in [1.807, 2.05) is 13.0 Å². The lowest BCUT2D eigenvalue weighted by Gasteiger charge is -2.19. The van der Waals surface area contributed by atoms with Gasteiger partial charge in [-0.1, -0.05) is 43.0 Å². The summed E-state index contributed by atoms with van der Waals surface area (Å²) >= 11 is 12.3. The van der Waals surface area contributed by atoms with Crippen molar-refractivity contribution in [1.29, 1.82) is 0 Å². The third kappa shape index (κ3) is 4.19. The zero-order valence-electron chi connectivity index (χ0n) is 17.5. The molecule has 6 nitrogen and oxygen atoms in total. The second-order valence-corrected chi connectivity index (χ2v) is 8.82. The molecule has 1 N–H and O–H groups in total. The van der Waals surface area contributed by atoms with Gasteiger partial charge in [0.05, 0.1) is 22.6 Å². The Balaban J connectivity index is 1.80. The Kier molecular flexibility index (Phi) is 6.30. The normalized spacial score (nSPS) is 16.3. The summed E-state index contributed by atoms with van der Waals surface area (Å²) < 4.78 is 1.80. The highest BCUT2D eigenvalue weighted by Gasteiger charge is 2.27. The number of aldehydes is 1. The number of aromatic nitrogens is 3. The van der Waals surface area contributed by atoms with Crippen LogP contribution in [-0.2, 0) is 6.54 Å². The molecule has 0 saturated heterocycles. The van der Waals surface area contributed by atoms with E-state index >= 15 is 0 Å². The molecule has 4 rings (SSSR count). The van der Waals surface area contributed by atoms with Crippen LogP contribution in [0.5, 0.6) is 0 Å². The summed E-state index contributed by atoms with van der Waals surface area (Å²) in [6.45, 7) is 4.80. The van der Waals surface area contributed by atoms with E-state index < -0.39 is 0 Å². The van der Waals surface area contributed by atoms with Crippen molar-refractivity contribution >= 4 is 46.1 Å². The molecule has 0 fully saturated rings. The van der Waals surface area contributed by atoms with E-state index in [2.05, 4.69) is 17.2 Å². The van der Waals surface area contributed by atoms with Crippen LogP contribution >= 0.6 is 23.2 Å². The van der Waals surface area contributed by atoms with Gasteiger partial charge in [-0.05, 0) is 44.0 Å². The number of anilines is 1. The van der Waals surface area contributed by atoms with Gasteiger partial charge in [-0.15, -0.1) is 0 Å². The number of nitrogens with one attached hydrogen (secondary N) is 1. The number of benzene rings is 1. The molecule has 1 aliphatic heterocycles. The Morgan fingerprint density at radius 3 is 2.84 bits per heavy atom. The number of nitrogens with zero attached hydrogens (tertiary/aromatic N) is 3. The average Bonchev–Trinajstić information content (AvgIpc) is 3.16. The summed E-state index contributed by atoms with van der Waals surface area (Å²) in [6.07, 6.45) is 4.86. The topological polar surface area (TPSA) is 76.9 Å². The lowest BCUT2D eigenvalue weighted by atomic mass is 9.99. The van der Waals surface area contributed by atoms with Gasteiger partial charge in [0.15, 0.2) is 6.29 Å². The van der Waals surface area contributed by atoms with Gasteiger partial charge in [-0.3, -0.25) is 14.2 Å². The van der Waals surface area contributed by atoms with Gasteiger partial charge in [0.1, 0.15) is 16.7 Å². The van der Waals surface area contributed by atoms with Gasteiger partial charge in [-0.25, -0.2) is 9.97 Å². The van der Waals surface area contributed by atoms with Crippen molar-refractivity contribution in [3.05, 3.63) is 61.9 Å². The molecule has 2 atom stereocenters. The van der Waals surface area contributed by atoms with Gasteiger partial charge in [0, 0.05) is 23.0 Å². The first-order valence-electron chi connectivity index (χ1n) is 10.5. The van der Waals surface area contributed by atoms with E-state index in [0.717, 1.165) is 37.1 Å². The first-order chi connectivity index (χ1) is 14.9. The minimum atomic E-state index is -0.270. The lowest BCUT2D eigenvalue weighted by Crippen LogP contribution is -2.22. The van der Waals surface area contributed by atoms with Crippen LogP contribution in [0, 0.1) is 0 Å². The van der Waals surface area contributed by atoms with Crippen molar-refractivity contribution in [3.63, 3.8) is 0 Å². The molecule has 1 aromatic carbocycles. The second kappa shape index (κ2) is 8.97. The van der Waals surface area contributed by atoms with Gasteiger partial charge in [-0.2, -0.15) is 0 Å². The van der Waals surface area contributed by atoms with Crippen molar-refractivity contribution in [2.75, 3.05) is 5.32 Å². The smallest absolute Gasteiger partial charge is 0.261 e. The third-order valence-electron chi connectivity index (χ3n) is 5.90. The molecule has 1 aliphatic rings. The molecule has 0 bridgehead atoms. The molecule has 2 unspecified atom stereocenters. The van der Waals surface area contributed by atoms with Crippen molar-refractivity contribution in [2.24, 2.45) is 0 Å². The Morgan fingerprint density at radius 2 is 2.10 bits per heavy atom. The molecular formula is C23H24Cl2N4O2. The Hall–Kier alpha value is -2.44. The summed E-state index contributed by atoms with van der Waals surface area (Å²) in [7, 11) is 0. The first-order valence-corrected chi connectivity index (χ1v) is 11.3. The highest BCUT2D eigenvalue weighted by atomic mass is 35.5. The number of hydrogen-bond donors (Lipinski definition) is 1. The third-order valence-corrected chi connectivity index (χ3v) is 6.32. The molecule has 0 aliphatic carbocycles. The van der Waals surface area contributed by atoms with Crippen molar-refractivity contribution in [1.82, 2.24) is 14.5 Å². The SMILES string of the molecule is CCCCC1CCn2c1nc1c(C(C)Nc3ccc(Cl)nc3C=O)cc(Cl)cc1c2=O. The minimum absolute atomic E-state index is 0.0447. The maximum Gasteiger partial charge on any atom is 0.261 e. The van der Waals surface area contributed by atoms with Crippen LogP contribution in [0.4, 0.5) is 5.69 Å². The monoisotopic (exact) mass is 458 g/mol. The number of unbranched alkanes of at least 4 members (excludes halogenated alkanes) is 1. The summed E-state index contributed by atoms with van der Waals surface area (Å²) in [5.41, 5.74) is 2.18. The zero-order chi connectivity index (χ0) is 22.1. The number of carbonyl (C=O) groups is 1. The van der Waals surface area contributed by atoms with E-state index in [1.165, 1.54) is 0 Å². The molecular weight excluding hydrogens is 435 g/mol. The Morgan fingerprint density at radius 1 is 1.29 bits per heavy atom. The maximum absolute atomic E-state index is 13.2. The number of fused-ring (bicyclic) bond motifs is 2. The number of rotatable bonds is 7.